The van der Waals surface area contributed by atoms with Crippen molar-refractivity contribution in [1.82, 2.24) is 20.3 Å². The number of nitrogens with one attached hydrogen (secondary N) is 2. The first-order chi connectivity index (χ1) is 9.20. The average Bonchev–Trinajstić information content (AvgIpc) is 2.94. The molecule has 19 heavy (non-hydrogen) atoms. The van der Waals surface area contributed by atoms with E-state index in [0.717, 1.165) is 11.6 Å². The van der Waals surface area contributed by atoms with Gasteiger partial charge in [-0.15, -0.1) is 11.3 Å². The van der Waals surface area contributed by atoms with Crippen LogP contribution in [0, 0.1) is 0 Å². The van der Waals surface area contributed by atoms with E-state index in [9.17, 15) is 4.79 Å². The van der Waals surface area contributed by atoms with Gasteiger partial charge in [-0.05, 0) is 13.8 Å². The number of aromatic nitrogens is 3. The lowest BCUT2D eigenvalue weighted by Crippen LogP contribution is -2.27. The lowest BCUT2D eigenvalue weighted by molar-refractivity contribution is 0.0934. The van der Waals surface area contributed by atoms with Gasteiger partial charge in [-0.3, -0.25) is 4.79 Å². The molecule has 0 radical (unpaired) electrons. The van der Waals surface area contributed by atoms with Gasteiger partial charge in [0.05, 0.1) is 18.4 Å². The number of rotatable bonds is 5. The van der Waals surface area contributed by atoms with Crippen LogP contribution in [-0.2, 0) is 0 Å². The van der Waals surface area contributed by atoms with Crippen molar-refractivity contribution in [2.45, 2.75) is 19.9 Å². The van der Waals surface area contributed by atoms with E-state index in [1.54, 1.807) is 12.4 Å². The van der Waals surface area contributed by atoms with Crippen LogP contribution in [0.1, 0.15) is 35.4 Å². The van der Waals surface area contributed by atoms with Crippen molar-refractivity contribution in [2.75, 3.05) is 11.9 Å². The summed E-state index contributed by atoms with van der Waals surface area (Å²) in [6.45, 7) is 4.62. The molecule has 1 amide bonds. The number of hydrogen-bond donors (Lipinski definition) is 2. The van der Waals surface area contributed by atoms with E-state index in [2.05, 4.69) is 25.6 Å². The summed E-state index contributed by atoms with van der Waals surface area (Å²) in [5.41, 5.74) is 0.296. The Kier molecular flexibility index (Phi) is 4.40. The van der Waals surface area contributed by atoms with Crippen molar-refractivity contribution in [3.8, 4) is 0 Å². The molecule has 100 valence electrons. The Hall–Kier alpha value is -2.02. The van der Waals surface area contributed by atoms with E-state index in [1.807, 2.05) is 19.2 Å². The highest BCUT2D eigenvalue weighted by molar-refractivity contribution is 7.09. The predicted octanol–water partition coefficient (Wildman–Crippen LogP) is 1.86. The minimum absolute atomic E-state index is 0.136. The Balaban J connectivity index is 1.99. The van der Waals surface area contributed by atoms with Gasteiger partial charge in [-0.25, -0.2) is 15.0 Å². The van der Waals surface area contributed by atoms with E-state index in [-0.39, 0.29) is 11.9 Å². The summed E-state index contributed by atoms with van der Waals surface area (Å²) in [7, 11) is 0. The fourth-order valence-electron chi connectivity index (χ4n) is 1.50. The monoisotopic (exact) mass is 277 g/mol. The molecule has 6 nitrogen and oxygen atoms in total. The molecule has 2 heterocycles. The third-order valence-corrected chi connectivity index (χ3v) is 3.37. The van der Waals surface area contributed by atoms with Gasteiger partial charge in [0, 0.05) is 18.1 Å². The van der Waals surface area contributed by atoms with Gasteiger partial charge in [-0.2, -0.15) is 0 Å². The van der Waals surface area contributed by atoms with Gasteiger partial charge >= 0.3 is 0 Å². The Morgan fingerprint density at radius 1 is 1.37 bits per heavy atom. The number of amides is 1. The van der Waals surface area contributed by atoms with Gasteiger partial charge in [0.2, 0.25) is 0 Å². The smallest absolute Gasteiger partial charge is 0.272 e. The molecule has 2 rings (SSSR count). The van der Waals surface area contributed by atoms with Crippen molar-refractivity contribution in [3.63, 3.8) is 0 Å². The fourth-order valence-corrected chi connectivity index (χ4v) is 2.14. The Labute approximate surface area is 115 Å². The summed E-state index contributed by atoms with van der Waals surface area (Å²) in [5.74, 6) is 0.408. The molecular formula is C12H15N5OS. The van der Waals surface area contributed by atoms with E-state index in [4.69, 9.17) is 0 Å². The first kappa shape index (κ1) is 13.4. The number of carbonyl (C=O) groups is 1. The first-order valence-electron chi connectivity index (χ1n) is 5.97. The molecule has 0 aliphatic heterocycles. The summed E-state index contributed by atoms with van der Waals surface area (Å²) < 4.78 is 0. The van der Waals surface area contributed by atoms with Gasteiger partial charge in [-0.1, -0.05) is 0 Å². The van der Waals surface area contributed by atoms with Crippen LogP contribution in [0.5, 0.6) is 0 Å². The van der Waals surface area contributed by atoms with Crippen LogP contribution >= 0.6 is 11.3 Å². The third kappa shape index (κ3) is 3.47. The van der Waals surface area contributed by atoms with Gasteiger partial charge in [0.15, 0.2) is 0 Å². The average molecular weight is 277 g/mol. The number of anilines is 1. The minimum atomic E-state index is -0.252. The molecule has 0 aliphatic rings. The lowest BCUT2D eigenvalue weighted by atomic mass is 10.3. The van der Waals surface area contributed by atoms with Crippen LogP contribution < -0.4 is 10.6 Å². The number of hydrogen-bond acceptors (Lipinski definition) is 6. The van der Waals surface area contributed by atoms with E-state index < -0.39 is 0 Å². The van der Waals surface area contributed by atoms with Gasteiger partial charge < -0.3 is 10.6 Å². The third-order valence-electron chi connectivity index (χ3n) is 2.41. The Bertz CT molecular complexity index is 526. The fraction of sp³-hybridized carbons (Fsp3) is 0.333. The summed E-state index contributed by atoms with van der Waals surface area (Å²) >= 11 is 1.51. The lowest BCUT2D eigenvalue weighted by Gasteiger charge is -2.10. The second-order valence-electron chi connectivity index (χ2n) is 3.88. The molecular weight excluding hydrogens is 262 g/mol. The maximum atomic E-state index is 12.0. The van der Waals surface area contributed by atoms with E-state index in [1.165, 1.54) is 17.5 Å². The Morgan fingerprint density at radius 2 is 2.21 bits per heavy atom. The highest BCUT2D eigenvalue weighted by atomic mass is 32.1. The van der Waals surface area contributed by atoms with Crippen molar-refractivity contribution >= 4 is 23.1 Å². The zero-order valence-electron chi connectivity index (χ0n) is 10.8. The largest absolute Gasteiger partial charge is 0.369 e. The predicted molar refractivity (Wildman–Crippen MR) is 74.2 cm³/mol. The van der Waals surface area contributed by atoms with Crippen molar-refractivity contribution in [1.29, 1.82) is 0 Å². The Morgan fingerprint density at radius 3 is 2.79 bits per heavy atom. The molecule has 0 fully saturated rings. The highest BCUT2D eigenvalue weighted by Gasteiger charge is 2.14. The van der Waals surface area contributed by atoms with E-state index >= 15 is 0 Å². The molecule has 0 saturated carbocycles. The zero-order chi connectivity index (χ0) is 13.7. The molecule has 0 spiro atoms. The molecule has 2 N–H and O–H groups in total. The minimum Gasteiger partial charge on any atom is -0.369 e. The maximum absolute atomic E-state index is 12.0. The molecule has 0 aliphatic carbocycles. The number of thiazole rings is 1. The van der Waals surface area contributed by atoms with Crippen LogP contribution in [-0.4, -0.2) is 27.4 Å². The molecule has 0 bridgehead atoms. The molecule has 1 unspecified atom stereocenters. The van der Waals surface area contributed by atoms with Crippen LogP contribution in [0.15, 0.2) is 24.0 Å². The van der Waals surface area contributed by atoms with Crippen LogP contribution in [0.25, 0.3) is 0 Å². The zero-order valence-corrected chi connectivity index (χ0v) is 11.6. The summed E-state index contributed by atoms with van der Waals surface area (Å²) in [4.78, 5) is 24.3. The van der Waals surface area contributed by atoms with Gasteiger partial charge in [0.25, 0.3) is 5.91 Å². The quantitative estimate of drug-likeness (QED) is 0.872. The SMILES string of the molecule is CCNc1cnc(C(=O)NC(C)c2nccs2)cn1. The van der Waals surface area contributed by atoms with E-state index in [0.29, 0.717) is 11.5 Å². The summed E-state index contributed by atoms with van der Waals surface area (Å²) in [5, 5.41) is 8.60. The second kappa shape index (κ2) is 6.24. The molecule has 1 atom stereocenters. The maximum Gasteiger partial charge on any atom is 0.272 e. The van der Waals surface area contributed by atoms with Gasteiger partial charge in [0.1, 0.15) is 16.5 Å². The number of nitrogens with zero attached hydrogens (tertiary/aromatic N) is 3. The van der Waals surface area contributed by atoms with Crippen molar-refractivity contribution in [3.05, 3.63) is 34.7 Å². The normalized spacial score (nSPS) is 11.9. The topological polar surface area (TPSA) is 79.8 Å². The van der Waals surface area contributed by atoms with Crippen LogP contribution in [0.4, 0.5) is 5.82 Å². The molecule has 7 heteroatoms. The summed E-state index contributed by atoms with van der Waals surface area (Å²) in [6, 6.07) is -0.136. The molecule has 0 saturated heterocycles. The van der Waals surface area contributed by atoms with Crippen molar-refractivity contribution < 1.29 is 4.79 Å². The molecule has 0 aromatic carbocycles. The first-order valence-corrected chi connectivity index (χ1v) is 6.85. The van der Waals surface area contributed by atoms with Crippen LogP contribution in [0.3, 0.4) is 0 Å². The van der Waals surface area contributed by atoms with Crippen LogP contribution in [0.2, 0.25) is 0 Å². The molecule has 2 aromatic heterocycles. The second-order valence-corrected chi connectivity index (χ2v) is 4.81. The highest BCUT2D eigenvalue weighted by Crippen LogP contribution is 2.15. The standard InChI is InChI=1S/C12H15N5OS/c1-3-13-10-7-15-9(6-16-10)11(18)17-8(2)12-14-4-5-19-12/h4-8H,3H2,1-2H3,(H,13,16)(H,17,18). The summed E-state index contributed by atoms with van der Waals surface area (Å²) in [6.07, 6.45) is 4.72. The van der Waals surface area contributed by atoms with Crippen molar-refractivity contribution in [2.24, 2.45) is 0 Å². The number of carbonyl (C=O) groups excluding carboxylic acids is 1. The molecule has 2 aromatic rings.